The SMILES string of the molecule is C[C@@H]1CC[C@@H]2[C@@H](O1)c1cc([N+](=O)[O-])ccc1OC2(C)C. The molecule has 2 heterocycles. The number of benzene rings is 1. The molecule has 2 aliphatic heterocycles. The van der Waals surface area contributed by atoms with Gasteiger partial charge in [0.2, 0.25) is 0 Å². The van der Waals surface area contributed by atoms with Crippen molar-refractivity contribution in [2.75, 3.05) is 0 Å². The minimum atomic E-state index is -0.374. The van der Waals surface area contributed by atoms with E-state index in [9.17, 15) is 10.1 Å². The number of hydrogen-bond donors (Lipinski definition) is 0. The molecule has 0 amide bonds. The van der Waals surface area contributed by atoms with E-state index in [-0.39, 0.29) is 34.3 Å². The quantitative estimate of drug-likeness (QED) is 0.581. The standard InChI is InChI=1S/C15H19NO4/c1-9-4-6-12-14(19-9)11-8-10(16(17)18)5-7-13(11)20-15(12,2)3/h5,7-9,12,14H,4,6H2,1-3H3/t9-,12-,14+/m1/s1. The van der Waals surface area contributed by atoms with E-state index >= 15 is 0 Å². The van der Waals surface area contributed by atoms with Crippen molar-refractivity contribution in [3.8, 4) is 5.75 Å². The molecule has 0 spiro atoms. The topological polar surface area (TPSA) is 61.6 Å². The van der Waals surface area contributed by atoms with Crippen LogP contribution in [0, 0.1) is 16.0 Å². The molecule has 0 radical (unpaired) electrons. The predicted molar refractivity (Wildman–Crippen MR) is 73.8 cm³/mol. The summed E-state index contributed by atoms with van der Waals surface area (Å²) in [5, 5.41) is 11.0. The van der Waals surface area contributed by atoms with Crippen LogP contribution >= 0.6 is 0 Å². The number of hydrogen-bond acceptors (Lipinski definition) is 4. The van der Waals surface area contributed by atoms with E-state index in [0.717, 1.165) is 18.4 Å². The van der Waals surface area contributed by atoms with Crippen molar-refractivity contribution in [2.24, 2.45) is 5.92 Å². The number of rotatable bonds is 1. The predicted octanol–water partition coefficient (Wildman–Crippen LogP) is 3.62. The minimum absolute atomic E-state index is 0.0904. The highest BCUT2D eigenvalue weighted by molar-refractivity contribution is 5.47. The Morgan fingerprint density at radius 2 is 2.10 bits per heavy atom. The number of nitro benzene ring substituents is 1. The van der Waals surface area contributed by atoms with Gasteiger partial charge in [-0.3, -0.25) is 10.1 Å². The molecule has 0 bridgehead atoms. The third kappa shape index (κ3) is 2.06. The summed E-state index contributed by atoms with van der Waals surface area (Å²) in [6.45, 7) is 6.18. The van der Waals surface area contributed by atoms with E-state index in [1.54, 1.807) is 12.1 Å². The van der Waals surface area contributed by atoms with Crippen LogP contribution < -0.4 is 4.74 Å². The maximum atomic E-state index is 11.0. The summed E-state index contributed by atoms with van der Waals surface area (Å²) in [6, 6.07) is 4.77. The molecule has 5 heteroatoms. The molecule has 1 fully saturated rings. The molecule has 0 saturated carbocycles. The van der Waals surface area contributed by atoms with E-state index in [1.807, 2.05) is 0 Å². The first-order chi connectivity index (χ1) is 9.38. The Morgan fingerprint density at radius 3 is 2.80 bits per heavy atom. The zero-order valence-corrected chi connectivity index (χ0v) is 12.0. The molecule has 5 nitrogen and oxygen atoms in total. The Kier molecular flexibility index (Phi) is 2.97. The van der Waals surface area contributed by atoms with Crippen molar-refractivity contribution in [1.29, 1.82) is 0 Å². The highest BCUT2D eigenvalue weighted by Crippen LogP contribution is 2.51. The average Bonchev–Trinajstić information content (AvgIpc) is 2.37. The molecule has 1 aromatic rings. The Balaban J connectivity index is 2.08. The van der Waals surface area contributed by atoms with Crippen molar-refractivity contribution in [3.05, 3.63) is 33.9 Å². The molecule has 2 aliphatic rings. The fourth-order valence-electron chi connectivity index (χ4n) is 3.30. The van der Waals surface area contributed by atoms with Gasteiger partial charge in [0.15, 0.2) is 0 Å². The van der Waals surface area contributed by atoms with Gasteiger partial charge < -0.3 is 9.47 Å². The van der Waals surface area contributed by atoms with Crippen LogP contribution in [0.2, 0.25) is 0 Å². The van der Waals surface area contributed by atoms with Crippen LogP contribution in [0.1, 0.15) is 45.3 Å². The van der Waals surface area contributed by atoms with E-state index < -0.39 is 0 Å². The first-order valence-corrected chi connectivity index (χ1v) is 7.01. The zero-order chi connectivity index (χ0) is 14.5. The van der Waals surface area contributed by atoms with Crippen molar-refractivity contribution in [1.82, 2.24) is 0 Å². The van der Waals surface area contributed by atoms with Crippen molar-refractivity contribution in [2.45, 2.75) is 51.4 Å². The third-order valence-electron chi connectivity index (χ3n) is 4.41. The molecule has 0 aromatic heterocycles. The molecule has 0 aliphatic carbocycles. The minimum Gasteiger partial charge on any atom is -0.487 e. The van der Waals surface area contributed by atoms with Gasteiger partial charge in [-0.25, -0.2) is 0 Å². The second-order valence-electron chi connectivity index (χ2n) is 6.24. The normalized spacial score (nSPS) is 30.9. The van der Waals surface area contributed by atoms with Gasteiger partial charge >= 0.3 is 0 Å². The van der Waals surface area contributed by atoms with E-state index in [1.165, 1.54) is 6.07 Å². The van der Waals surface area contributed by atoms with Gasteiger partial charge in [-0.15, -0.1) is 0 Å². The fourth-order valence-corrected chi connectivity index (χ4v) is 3.30. The Labute approximate surface area is 118 Å². The zero-order valence-electron chi connectivity index (χ0n) is 12.0. The van der Waals surface area contributed by atoms with Crippen LogP contribution in [-0.4, -0.2) is 16.6 Å². The van der Waals surface area contributed by atoms with Crippen LogP contribution in [0.4, 0.5) is 5.69 Å². The molecule has 3 atom stereocenters. The maximum absolute atomic E-state index is 11.0. The Hall–Kier alpha value is -1.62. The molecule has 108 valence electrons. The number of non-ortho nitro benzene ring substituents is 1. The summed E-state index contributed by atoms with van der Waals surface area (Å²) in [7, 11) is 0. The summed E-state index contributed by atoms with van der Waals surface area (Å²) in [4.78, 5) is 10.6. The van der Waals surface area contributed by atoms with Gasteiger partial charge in [0.05, 0.1) is 17.1 Å². The highest BCUT2D eigenvalue weighted by Gasteiger charge is 2.47. The number of ether oxygens (including phenoxy) is 2. The summed E-state index contributed by atoms with van der Waals surface area (Å²) >= 11 is 0. The second kappa shape index (κ2) is 4.45. The first-order valence-electron chi connectivity index (χ1n) is 7.01. The molecule has 0 unspecified atom stereocenters. The largest absolute Gasteiger partial charge is 0.487 e. The molecular formula is C15H19NO4. The van der Waals surface area contributed by atoms with Gasteiger partial charge in [0.1, 0.15) is 11.4 Å². The first kappa shape index (κ1) is 13.4. The van der Waals surface area contributed by atoms with Crippen molar-refractivity contribution in [3.63, 3.8) is 0 Å². The summed E-state index contributed by atoms with van der Waals surface area (Å²) in [5.41, 5.74) is 0.594. The third-order valence-corrected chi connectivity index (χ3v) is 4.41. The van der Waals surface area contributed by atoms with Gasteiger partial charge in [0.25, 0.3) is 5.69 Å². The molecule has 0 N–H and O–H groups in total. The summed E-state index contributed by atoms with van der Waals surface area (Å²) < 4.78 is 12.1. The fraction of sp³-hybridized carbons (Fsp3) is 0.600. The smallest absolute Gasteiger partial charge is 0.270 e. The van der Waals surface area contributed by atoms with Gasteiger partial charge in [0, 0.05) is 23.6 Å². The van der Waals surface area contributed by atoms with E-state index in [0.29, 0.717) is 5.75 Å². The number of fused-ring (bicyclic) bond motifs is 3. The van der Waals surface area contributed by atoms with E-state index in [4.69, 9.17) is 9.47 Å². The molecular weight excluding hydrogens is 258 g/mol. The molecule has 1 aromatic carbocycles. The summed E-state index contributed by atoms with van der Waals surface area (Å²) in [6.07, 6.45) is 2.08. The lowest BCUT2D eigenvalue weighted by molar-refractivity contribution is -0.385. The van der Waals surface area contributed by atoms with Gasteiger partial charge in [-0.2, -0.15) is 0 Å². The monoisotopic (exact) mass is 277 g/mol. The van der Waals surface area contributed by atoms with Gasteiger partial charge in [-0.05, 0) is 39.7 Å². The van der Waals surface area contributed by atoms with E-state index in [2.05, 4.69) is 20.8 Å². The lowest BCUT2D eigenvalue weighted by Crippen LogP contribution is -2.48. The van der Waals surface area contributed by atoms with Crippen LogP contribution in [0.5, 0.6) is 5.75 Å². The van der Waals surface area contributed by atoms with Crippen molar-refractivity contribution >= 4 is 5.69 Å². The Bertz CT molecular complexity index is 555. The lowest BCUT2D eigenvalue weighted by Gasteiger charge is -2.48. The average molecular weight is 277 g/mol. The van der Waals surface area contributed by atoms with Crippen LogP contribution in [0.25, 0.3) is 0 Å². The lowest BCUT2D eigenvalue weighted by atomic mass is 9.75. The van der Waals surface area contributed by atoms with Crippen molar-refractivity contribution < 1.29 is 14.4 Å². The second-order valence-corrected chi connectivity index (χ2v) is 6.24. The van der Waals surface area contributed by atoms with Gasteiger partial charge in [-0.1, -0.05) is 0 Å². The Morgan fingerprint density at radius 1 is 1.35 bits per heavy atom. The maximum Gasteiger partial charge on any atom is 0.270 e. The van der Waals surface area contributed by atoms with Crippen LogP contribution in [0.15, 0.2) is 18.2 Å². The van der Waals surface area contributed by atoms with Crippen LogP contribution in [0.3, 0.4) is 0 Å². The molecule has 20 heavy (non-hydrogen) atoms. The summed E-state index contributed by atoms with van der Waals surface area (Å²) in [5.74, 6) is 0.934. The molecule has 1 saturated heterocycles. The highest BCUT2D eigenvalue weighted by atomic mass is 16.6. The number of nitrogens with zero attached hydrogens (tertiary/aromatic N) is 1. The number of nitro groups is 1. The van der Waals surface area contributed by atoms with Crippen LogP contribution in [-0.2, 0) is 4.74 Å². The molecule has 3 rings (SSSR count).